The molecule has 0 radical (unpaired) electrons. The van der Waals surface area contributed by atoms with Crippen molar-refractivity contribution in [3.05, 3.63) is 27.0 Å². The number of primary amides is 1. The maximum atomic E-state index is 11.7. The lowest BCUT2D eigenvalue weighted by molar-refractivity contribution is -0.0549. The van der Waals surface area contributed by atoms with E-state index in [-0.39, 0.29) is 5.69 Å². The van der Waals surface area contributed by atoms with Gasteiger partial charge in [0.2, 0.25) is 0 Å². The number of rotatable bonds is 3. The van der Waals surface area contributed by atoms with Crippen molar-refractivity contribution in [3.8, 4) is 0 Å². The summed E-state index contributed by atoms with van der Waals surface area (Å²) in [4.78, 5) is 35.9. The van der Waals surface area contributed by atoms with Gasteiger partial charge in [-0.2, -0.15) is 0 Å². The number of anilines is 1. The normalized spacial score (nSPS) is 28.5. The van der Waals surface area contributed by atoms with E-state index in [0.29, 0.717) is 0 Å². The minimum absolute atomic E-state index is 0.333. The molecule has 7 N–H and O–H groups in total. The van der Waals surface area contributed by atoms with E-state index in [1.165, 1.54) is 0 Å². The Kier molecular flexibility index (Phi) is 4.09. The Morgan fingerprint density at radius 3 is 2.62 bits per heavy atom. The first-order valence-electron chi connectivity index (χ1n) is 5.89. The van der Waals surface area contributed by atoms with Gasteiger partial charge in [-0.25, -0.2) is 9.59 Å². The number of H-pyrrole nitrogens is 1. The molecule has 11 heteroatoms. The highest BCUT2D eigenvalue weighted by Crippen LogP contribution is 2.28. The third kappa shape index (κ3) is 2.80. The van der Waals surface area contributed by atoms with Gasteiger partial charge in [-0.05, 0) is 0 Å². The van der Waals surface area contributed by atoms with Gasteiger partial charge in [0.15, 0.2) is 6.23 Å². The Balaban J connectivity index is 2.42. The highest BCUT2D eigenvalue weighted by atomic mass is 16.6. The summed E-state index contributed by atoms with van der Waals surface area (Å²) in [5, 5.41) is 30.5. The quantitative estimate of drug-likeness (QED) is 0.337. The Morgan fingerprint density at radius 1 is 1.43 bits per heavy atom. The molecule has 0 aliphatic carbocycles. The van der Waals surface area contributed by atoms with E-state index in [4.69, 9.17) is 15.6 Å². The first-order chi connectivity index (χ1) is 9.85. The van der Waals surface area contributed by atoms with E-state index < -0.39 is 48.4 Å². The van der Waals surface area contributed by atoms with Gasteiger partial charge in [-0.1, -0.05) is 0 Å². The molecule has 0 unspecified atom stereocenters. The number of hydrogen-bond donors (Lipinski definition) is 6. The number of aromatic nitrogens is 2. The number of hydrogen-bond acceptors (Lipinski definition) is 7. The Labute approximate surface area is 116 Å². The van der Waals surface area contributed by atoms with Crippen LogP contribution in [0.2, 0.25) is 0 Å². The van der Waals surface area contributed by atoms with Crippen molar-refractivity contribution in [1.82, 2.24) is 9.55 Å². The summed E-state index contributed by atoms with van der Waals surface area (Å²) >= 11 is 0. The van der Waals surface area contributed by atoms with E-state index >= 15 is 0 Å². The second-order valence-electron chi connectivity index (χ2n) is 4.43. The molecule has 2 amide bonds. The number of aliphatic hydroxyl groups excluding tert-OH is 3. The molecule has 2 rings (SSSR count). The molecule has 0 saturated carbocycles. The fourth-order valence-corrected chi connectivity index (χ4v) is 2.01. The molecule has 2 heterocycles. The van der Waals surface area contributed by atoms with Crippen LogP contribution < -0.4 is 22.3 Å². The second kappa shape index (κ2) is 5.65. The molecule has 21 heavy (non-hydrogen) atoms. The van der Waals surface area contributed by atoms with Crippen LogP contribution in [0.15, 0.2) is 15.8 Å². The van der Waals surface area contributed by atoms with Crippen LogP contribution in [0.4, 0.5) is 10.5 Å². The van der Waals surface area contributed by atoms with Crippen LogP contribution >= 0.6 is 0 Å². The third-order valence-electron chi connectivity index (χ3n) is 3.02. The molecule has 1 aromatic heterocycles. The molecule has 1 saturated heterocycles. The van der Waals surface area contributed by atoms with E-state index in [1.54, 1.807) is 0 Å². The number of carbonyl (C=O) groups is 1. The zero-order chi connectivity index (χ0) is 15.7. The first-order valence-corrected chi connectivity index (χ1v) is 5.89. The van der Waals surface area contributed by atoms with Crippen LogP contribution in [0.25, 0.3) is 0 Å². The molecule has 116 valence electrons. The third-order valence-corrected chi connectivity index (χ3v) is 3.02. The van der Waals surface area contributed by atoms with Gasteiger partial charge in [0.25, 0.3) is 5.56 Å². The van der Waals surface area contributed by atoms with Crippen LogP contribution in [-0.4, -0.2) is 55.8 Å². The summed E-state index contributed by atoms with van der Waals surface area (Å²) in [6.07, 6.45) is -4.42. The molecule has 4 atom stereocenters. The number of urea groups is 1. The topological polar surface area (TPSA) is 180 Å². The number of nitrogens with zero attached hydrogens (tertiary/aromatic N) is 1. The van der Waals surface area contributed by atoms with Crippen molar-refractivity contribution in [3.63, 3.8) is 0 Å². The molecule has 11 nitrogen and oxygen atoms in total. The fraction of sp³-hybridized carbons (Fsp3) is 0.500. The van der Waals surface area contributed by atoms with Crippen LogP contribution in [0.1, 0.15) is 6.23 Å². The minimum Gasteiger partial charge on any atom is -0.394 e. The summed E-state index contributed by atoms with van der Waals surface area (Å²) in [6.45, 7) is -0.570. The van der Waals surface area contributed by atoms with E-state index in [1.807, 2.05) is 10.3 Å². The van der Waals surface area contributed by atoms with Crippen LogP contribution in [0.3, 0.4) is 0 Å². The van der Waals surface area contributed by atoms with Crippen molar-refractivity contribution >= 4 is 11.7 Å². The average Bonchev–Trinajstić information content (AvgIpc) is 2.69. The summed E-state index contributed by atoms with van der Waals surface area (Å²) < 4.78 is 5.92. The molecular formula is C10H14N4O7. The second-order valence-corrected chi connectivity index (χ2v) is 4.43. The van der Waals surface area contributed by atoms with E-state index in [2.05, 4.69) is 0 Å². The van der Waals surface area contributed by atoms with Gasteiger partial charge in [0, 0.05) is 6.20 Å². The summed E-state index contributed by atoms with van der Waals surface area (Å²) in [7, 11) is 0. The molecule has 0 spiro atoms. The van der Waals surface area contributed by atoms with Crippen molar-refractivity contribution in [2.45, 2.75) is 24.5 Å². The van der Waals surface area contributed by atoms with Crippen molar-refractivity contribution in [2.75, 3.05) is 11.9 Å². The predicted molar refractivity (Wildman–Crippen MR) is 67.5 cm³/mol. The van der Waals surface area contributed by atoms with Crippen LogP contribution in [0.5, 0.6) is 0 Å². The molecular weight excluding hydrogens is 288 g/mol. The molecule has 1 aliphatic heterocycles. The fourth-order valence-electron chi connectivity index (χ4n) is 2.01. The monoisotopic (exact) mass is 302 g/mol. The Bertz CT molecular complexity index is 654. The molecule has 0 bridgehead atoms. The van der Waals surface area contributed by atoms with Gasteiger partial charge in [0.1, 0.15) is 24.0 Å². The standard InChI is InChI=1S/C10H14N4O7/c11-9(19)12-3-1-14(10(20)13-7(3)18)8-6(17)5(16)4(2-15)21-8/h1,4-6,8,15-17H,2H2,(H3,11,12,19)(H,13,18,20)/t4-,5-,6-,8-/m1/s1. The smallest absolute Gasteiger partial charge is 0.330 e. The number of aromatic amines is 1. The largest absolute Gasteiger partial charge is 0.394 e. The summed E-state index contributed by atoms with van der Waals surface area (Å²) in [5.74, 6) is 0. The minimum atomic E-state index is -1.51. The number of amides is 2. The lowest BCUT2D eigenvalue weighted by Crippen LogP contribution is -2.39. The lowest BCUT2D eigenvalue weighted by atomic mass is 10.1. The lowest BCUT2D eigenvalue weighted by Gasteiger charge is -2.17. The number of carbonyl (C=O) groups excluding carboxylic acids is 1. The Hall–Kier alpha value is -2.21. The summed E-state index contributed by atoms with van der Waals surface area (Å²) in [6, 6.07) is -1.02. The maximum Gasteiger partial charge on any atom is 0.330 e. The van der Waals surface area contributed by atoms with Gasteiger partial charge in [0.05, 0.1) is 6.61 Å². The SMILES string of the molecule is NC(=O)Nc1cn([C@@H]2O[C@H](CO)[C@@H](O)[C@H]2O)c(=O)[nH]c1=O. The number of nitrogens with one attached hydrogen (secondary N) is 2. The van der Waals surface area contributed by atoms with E-state index in [0.717, 1.165) is 10.8 Å². The molecule has 0 aromatic carbocycles. The number of ether oxygens (including phenoxy) is 1. The number of nitrogens with two attached hydrogens (primary N) is 1. The maximum absolute atomic E-state index is 11.7. The van der Waals surface area contributed by atoms with Gasteiger partial charge >= 0.3 is 11.7 Å². The first kappa shape index (κ1) is 15.2. The van der Waals surface area contributed by atoms with Gasteiger partial charge in [-0.3, -0.25) is 14.3 Å². The predicted octanol–water partition coefficient (Wildman–Crippen LogP) is -3.36. The van der Waals surface area contributed by atoms with E-state index in [9.17, 15) is 24.6 Å². The zero-order valence-corrected chi connectivity index (χ0v) is 10.6. The molecule has 1 aromatic rings. The van der Waals surface area contributed by atoms with Crippen molar-refractivity contribution < 1.29 is 24.9 Å². The average molecular weight is 302 g/mol. The highest BCUT2D eigenvalue weighted by Gasteiger charge is 2.43. The van der Waals surface area contributed by atoms with Crippen LogP contribution in [0, 0.1) is 0 Å². The van der Waals surface area contributed by atoms with Gasteiger partial charge in [-0.15, -0.1) is 0 Å². The zero-order valence-electron chi connectivity index (χ0n) is 10.6. The van der Waals surface area contributed by atoms with Crippen LogP contribution in [-0.2, 0) is 4.74 Å². The molecule has 1 aliphatic rings. The van der Waals surface area contributed by atoms with Crippen molar-refractivity contribution in [1.29, 1.82) is 0 Å². The summed E-state index contributed by atoms with van der Waals surface area (Å²) in [5.41, 5.74) is 2.74. The number of aliphatic hydroxyl groups is 3. The van der Waals surface area contributed by atoms with Crippen molar-refractivity contribution in [2.24, 2.45) is 5.73 Å². The Morgan fingerprint density at radius 2 is 2.10 bits per heavy atom. The highest BCUT2D eigenvalue weighted by molar-refractivity contribution is 5.87. The molecule has 1 fully saturated rings. The van der Waals surface area contributed by atoms with Gasteiger partial charge < -0.3 is 31.1 Å².